The van der Waals surface area contributed by atoms with Crippen LogP contribution in [0.3, 0.4) is 0 Å². The van der Waals surface area contributed by atoms with E-state index in [1.54, 1.807) is 6.07 Å². The molecule has 0 unspecified atom stereocenters. The second-order valence-electron chi connectivity index (χ2n) is 7.93. The number of halogens is 1. The Morgan fingerprint density at radius 3 is 2.32 bits per heavy atom. The van der Waals surface area contributed by atoms with Gasteiger partial charge < -0.3 is 0 Å². The maximum absolute atomic E-state index is 13.6. The van der Waals surface area contributed by atoms with Crippen molar-refractivity contribution in [2.75, 3.05) is 5.75 Å². The van der Waals surface area contributed by atoms with Gasteiger partial charge in [0.1, 0.15) is 5.82 Å². The van der Waals surface area contributed by atoms with Crippen LogP contribution in [0.1, 0.15) is 64.0 Å². The summed E-state index contributed by atoms with van der Waals surface area (Å²) < 4.78 is 14.0. The lowest BCUT2D eigenvalue weighted by molar-refractivity contribution is 0.280. The van der Waals surface area contributed by atoms with Gasteiger partial charge in [0.2, 0.25) is 0 Å². The van der Waals surface area contributed by atoms with E-state index in [9.17, 15) is 4.39 Å². The second kappa shape index (κ2) is 7.86. The molecular weight excluding hydrogens is 291 g/mol. The van der Waals surface area contributed by atoms with Crippen molar-refractivity contribution in [3.05, 3.63) is 35.1 Å². The molecule has 0 spiro atoms. The van der Waals surface area contributed by atoms with Crippen molar-refractivity contribution in [1.29, 1.82) is 0 Å². The summed E-state index contributed by atoms with van der Waals surface area (Å²) in [6.45, 7) is 8.76. The van der Waals surface area contributed by atoms with Crippen molar-refractivity contribution >= 4 is 11.8 Å². The van der Waals surface area contributed by atoms with Gasteiger partial charge in [0.05, 0.1) is 0 Å². The fraction of sp³-hybridized carbons (Fsp3) is 0.700. The smallest absolute Gasteiger partial charge is 0.126 e. The average molecular weight is 323 g/mol. The SMILES string of the molecule is Cc1ccc(CCC2CCC(CSC(C)(C)C)CC2)cc1F. The minimum Gasteiger partial charge on any atom is -0.207 e. The highest BCUT2D eigenvalue weighted by molar-refractivity contribution is 8.00. The quantitative estimate of drug-likeness (QED) is 0.604. The molecule has 2 heteroatoms. The minimum absolute atomic E-state index is 0.0552. The molecule has 0 aliphatic heterocycles. The van der Waals surface area contributed by atoms with E-state index in [2.05, 4.69) is 38.6 Å². The summed E-state index contributed by atoms with van der Waals surface area (Å²) in [6, 6.07) is 5.72. The van der Waals surface area contributed by atoms with Crippen molar-refractivity contribution in [2.45, 2.75) is 71.0 Å². The fourth-order valence-electron chi connectivity index (χ4n) is 3.22. The third-order valence-electron chi connectivity index (χ3n) is 4.80. The number of aryl methyl sites for hydroxylation is 2. The molecule has 0 atom stereocenters. The molecule has 1 aliphatic carbocycles. The van der Waals surface area contributed by atoms with E-state index in [1.807, 2.05) is 13.0 Å². The standard InChI is InChI=1S/C20H31FS/c1-15-5-6-17(13-19(15)21)10-7-16-8-11-18(12-9-16)14-22-20(2,3)4/h5-6,13,16,18H,7-12,14H2,1-4H3. The molecule has 1 fully saturated rings. The summed E-state index contributed by atoms with van der Waals surface area (Å²) in [4.78, 5) is 0. The highest BCUT2D eigenvalue weighted by atomic mass is 32.2. The molecule has 0 N–H and O–H groups in total. The van der Waals surface area contributed by atoms with E-state index in [4.69, 9.17) is 0 Å². The molecule has 0 heterocycles. The number of hydrogen-bond acceptors (Lipinski definition) is 1. The second-order valence-corrected chi connectivity index (χ2v) is 9.78. The largest absolute Gasteiger partial charge is 0.207 e. The summed E-state index contributed by atoms with van der Waals surface area (Å²) in [7, 11) is 0. The van der Waals surface area contributed by atoms with Crippen LogP contribution >= 0.6 is 11.8 Å². The van der Waals surface area contributed by atoms with Crippen LogP contribution in [-0.2, 0) is 6.42 Å². The zero-order valence-corrected chi connectivity index (χ0v) is 15.4. The Bertz CT molecular complexity index is 467. The molecule has 124 valence electrons. The first-order valence-corrected chi connectivity index (χ1v) is 9.71. The Morgan fingerprint density at radius 1 is 1.09 bits per heavy atom. The summed E-state index contributed by atoms with van der Waals surface area (Å²) in [5, 5.41) is 0. The van der Waals surface area contributed by atoms with Gasteiger partial charge in [-0.1, -0.05) is 45.7 Å². The molecule has 0 radical (unpaired) electrons. The number of rotatable bonds is 5. The summed E-state index contributed by atoms with van der Waals surface area (Å²) in [6.07, 6.45) is 7.75. The van der Waals surface area contributed by atoms with E-state index >= 15 is 0 Å². The Morgan fingerprint density at radius 2 is 1.73 bits per heavy atom. The molecule has 2 rings (SSSR count). The van der Waals surface area contributed by atoms with Crippen molar-refractivity contribution in [1.82, 2.24) is 0 Å². The highest BCUT2D eigenvalue weighted by Gasteiger charge is 2.23. The Hall–Kier alpha value is -0.500. The lowest BCUT2D eigenvalue weighted by Gasteiger charge is -2.30. The third-order valence-corrected chi connectivity index (χ3v) is 6.30. The molecule has 1 saturated carbocycles. The van der Waals surface area contributed by atoms with Crippen molar-refractivity contribution in [3.8, 4) is 0 Å². The van der Waals surface area contributed by atoms with Gasteiger partial charge in [-0.05, 0) is 67.4 Å². The van der Waals surface area contributed by atoms with Crippen LogP contribution in [0.15, 0.2) is 18.2 Å². The van der Waals surface area contributed by atoms with Crippen LogP contribution < -0.4 is 0 Å². The van der Waals surface area contributed by atoms with Gasteiger partial charge in [-0.3, -0.25) is 0 Å². The van der Waals surface area contributed by atoms with Gasteiger partial charge in [-0.15, -0.1) is 0 Å². The molecule has 0 aromatic heterocycles. The lowest BCUT2D eigenvalue weighted by Crippen LogP contribution is -2.19. The Balaban J connectivity index is 1.70. The Kier molecular flexibility index (Phi) is 6.37. The molecule has 0 nitrogen and oxygen atoms in total. The van der Waals surface area contributed by atoms with Gasteiger partial charge >= 0.3 is 0 Å². The fourth-order valence-corrected chi connectivity index (χ4v) is 4.29. The highest BCUT2D eigenvalue weighted by Crippen LogP contribution is 2.36. The summed E-state index contributed by atoms with van der Waals surface area (Å²) in [5.41, 5.74) is 1.91. The predicted molar refractivity (Wildman–Crippen MR) is 97.1 cm³/mol. The normalized spacial score (nSPS) is 22.8. The van der Waals surface area contributed by atoms with Crippen LogP contribution in [0.2, 0.25) is 0 Å². The lowest BCUT2D eigenvalue weighted by atomic mass is 9.80. The number of thioether (sulfide) groups is 1. The van der Waals surface area contributed by atoms with Crippen molar-refractivity contribution in [3.63, 3.8) is 0 Å². The summed E-state index contributed by atoms with van der Waals surface area (Å²) >= 11 is 2.11. The van der Waals surface area contributed by atoms with Crippen LogP contribution in [-0.4, -0.2) is 10.5 Å². The molecule has 0 saturated heterocycles. The first-order chi connectivity index (χ1) is 10.3. The summed E-state index contributed by atoms with van der Waals surface area (Å²) in [5.74, 6) is 3.03. The van der Waals surface area contributed by atoms with Crippen LogP contribution in [0.4, 0.5) is 4.39 Å². The van der Waals surface area contributed by atoms with Crippen molar-refractivity contribution < 1.29 is 4.39 Å². The van der Waals surface area contributed by atoms with Gasteiger partial charge in [0, 0.05) is 4.75 Å². The van der Waals surface area contributed by atoms with Crippen molar-refractivity contribution in [2.24, 2.45) is 11.8 Å². The Labute approximate surface area is 140 Å². The monoisotopic (exact) mass is 322 g/mol. The molecular formula is C20H31FS. The minimum atomic E-state index is -0.0552. The third kappa shape index (κ3) is 5.95. The van der Waals surface area contributed by atoms with Crippen LogP contribution in [0, 0.1) is 24.6 Å². The van der Waals surface area contributed by atoms with Gasteiger partial charge in [-0.25, -0.2) is 4.39 Å². The molecule has 22 heavy (non-hydrogen) atoms. The van der Waals surface area contributed by atoms with E-state index in [0.29, 0.717) is 4.75 Å². The van der Waals surface area contributed by atoms with E-state index < -0.39 is 0 Å². The molecule has 0 bridgehead atoms. The predicted octanol–water partition coefficient (Wildman–Crippen LogP) is 6.40. The maximum atomic E-state index is 13.6. The van der Waals surface area contributed by atoms with E-state index in [-0.39, 0.29) is 5.82 Å². The van der Waals surface area contributed by atoms with Gasteiger partial charge in [0.25, 0.3) is 0 Å². The molecule has 1 aromatic carbocycles. The first-order valence-electron chi connectivity index (χ1n) is 8.72. The van der Waals surface area contributed by atoms with Crippen LogP contribution in [0.5, 0.6) is 0 Å². The van der Waals surface area contributed by atoms with E-state index in [1.165, 1.54) is 37.9 Å². The maximum Gasteiger partial charge on any atom is 0.126 e. The zero-order valence-electron chi connectivity index (χ0n) is 14.6. The first kappa shape index (κ1) is 17.8. The van der Waals surface area contributed by atoms with Gasteiger partial charge in [-0.2, -0.15) is 11.8 Å². The number of benzene rings is 1. The van der Waals surface area contributed by atoms with Crippen LogP contribution in [0.25, 0.3) is 0 Å². The number of hydrogen-bond donors (Lipinski definition) is 0. The zero-order chi connectivity index (χ0) is 16.2. The van der Waals surface area contributed by atoms with E-state index in [0.717, 1.165) is 29.4 Å². The molecule has 1 aliphatic rings. The topological polar surface area (TPSA) is 0 Å². The molecule has 1 aromatic rings. The average Bonchev–Trinajstić information content (AvgIpc) is 2.47. The van der Waals surface area contributed by atoms with Gasteiger partial charge in [0.15, 0.2) is 0 Å². The molecule has 0 amide bonds.